The van der Waals surface area contributed by atoms with Gasteiger partial charge in [-0.3, -0.25) is 4.98 Å². The predicted octanol–water partition coefficient (Wildman–Crippen LogP) is 6.65. The van der Waals surface area contributed by atoms with E-state index in [4.69, 9.17) is 11.6 Å². The third-order valence-electron chi connectivity index (χ3n) is 7.70. The van der Waals surface area contributed by atoms with Crippen LogP contribution in [0.2, 0.25) is 5.02 Å². The lowest BCUT2D eigenvalue weighted by molar-refractivity contribution is 0.0593. The van der Waals surface area contributed by atoms with Crippen LogP contribution < -0.4 is 10.6 Å². The molecule has 1 atom stereocenters. The molecule has 0 radical (unpaired) electrons. The number of hydrogen-bond acceptors (Lipinski definition) is 7. The Labute approximate surface area is 246 Å². The Hall–Kier alpha value is -4.30. The number of alkyl halides is 2. The highest BCUT2D eigenvalue weighted by atomic mass is 35.5. The molecule has 1 aromatic carbocycles. The molecule has 12 heteroatoms. The van der Waals surface area contributed by atoms with E-state index in [2.05, 4.69) is 57.8 Å². The van der Waals surface area contributed by atoms with Crippen molar-refractivity contribution in [3.63, 3.8) is 0 Å². The lowest BCUT2D eigenvalue weighted by Gasteiger charge is -2.22. The van der Waals surface area contributed by atoms with E-state index in [9.17, 15) is 14.0 Å². The summed E-state index contributed by atoms with van der Waals surface area (Å²) in [6.45, 7) is 6.93. The Kier molecular flexibility index (Phi) is 6.77. The van der Waals surface area contributed by atoms with Crippen molar-refractivity contribution >= 4 is 44.9 Å². The van der Waals surface area contributed by atoms with E-state index in [0.717, 1.165) is 16.6 Å². The SMILES string of the molecule is Cn1ccc2c(C(Nc3cc(Cl)c4ncc(C#N)c(NCC(C)(C)C)c4c3)c3cn(C4(C(F)F)CC4)nn3)ccnc21. The average molecular weight is 590 g/mol. The normalized spacial score (nSPS) is 15.2. The van der Waals surface area contributed by atoms with Crippen LogP contribution >= 0.6 is 11.6 Å². The van der Waals surface area contributed by atoms with Crippen molar-refractivity contribution in [3.05, 3.63) is 70.9 Å². The maximum atomic E-state index is 13.9. The lowest BCUT2D eigenvalue weighted by Crippen LogP contribution is -2.26. The topological polar surface area (TPSA) is 109 Å². The third kappa shape index (κ3) is 4.90. The highest BCUT2D eigenvalue weighted by Crippen LogP contribution is 2.48. The molecule has 1 aliphatic carbocycles. The van der Waals surface area contributed by atoms with Gasteiger partial charge in [-0.15, -0.1) is 5.10 Å². The molecule has 1 fully saturated rings. The van der Waals surface area contributed by atoms with E-state index in [0.29, 0.717) is 57.9 Å². The molecule has 216 valence electrons. The molecule has 5 aromatic rings. The molecule has 4 aromatic heterocycles. The molecule has 1 unspecified atom stereocenters. The minimum absolute atomic E-state index is 0.0432. The van der Waals surface area contributed by atoms with E-state index in [1.165, 1.54) is 10.9 Å². The fourth-order valence-electron chi connectivity index (χ4n) is 5.19. The second-order valence-corrected chi connectivity index (χ2v) is 12.5. The lowest BCUT2D eigenvalue weighted by atomic mass is 9.96. The molecule has 42 heavy (non-hydrogen) atoms. The maximum Gasteiger partial charge on any atom is 0.263 e. The quantitative estimate of drug-likeness (QED) is 0.208. The molecule has 4 heterocycles. The van der Waals surface area contributed by atoms with Crippen LogP contribution in [-0.2, 0) is 12.6 Å². The molecular formula is C30H30ClF2N9. The maximum absolute atomic E-state index is 13.9. The molecule has 0 bridgehead atoms. The highest BCUT2D eigenvalue weighted by Gasteiger charge is 2.54. The number of anilines is 2. The van der Waals surface area contributed by atoms with Crippen LogP contribution in [0.4, 0.5) is 20.2 Å². The van der Waals surface area contributed by atoms with Crippen LogP contribution in [0, 0.1) is 16.7 Å². The fraction of sp³-hybridized carbons (Fsp3) is 0.367. The van der Waals surface area contributed by atoms with Gasteiger partial charge in [-0.1, -0.05) is 37.6 Å². The summed E-state index contributed by atoms with van der Waals surface area (Å²) in [7, 11) is 1.91. The first-order valence-corrected chi connectivity index (χ1v) is 14.0. The Morgan fingerprint density at radius 1 is 1.17 bits per heavy atom. The predicted molar refractivity (Wildman–Crippen MR) is 159 cm³/mol. The number of halogens is 3. The molecule has 1 aliphatic rings. The number of fused-ring (bicyclic) bond motifs is 2. The van der Waals surface area contributed by atoms with Crippen molar-refractivity contribution in [2.75, 3.05) is 17.2 Å². The molecule has 0 saturated heterocycles. The number of rotatable bonds is 8. The van der Waals surface area contributed by atoms with Gasteiger partial charge in [-0.2, -0.15) is 5.26 Å². The standard InChI is InChI=1S/C30H30ClF2N9/c1-29(2,3)16-37-24-17(13-34)14-36-25-21(24)11-18(12-22(25)31)38-26(19-5-9-35-27-20(19)6-10-41(27)4)23-15-42(40-39-23)30(7-8-30)28(32)33/h5-6,9-12,14-15,26,28,38H,7-8,16H2,1-4H3,(H,36,37). The van der Waals surface area contributed by atoms with E-state index in [1.807, 2.05) is 36.0 Å². The summed E-state index contributed by atoms with van der Waals surface area (Å²) in [5, 5.41) is 27.3. The van der Waals surface area contributed by atoms with Crippen molar-refractivity contribution in [2.45, 2.75) is 51.6 Å². The van der Waals surface area contributed by atoms with E-state index in [1.54, 1.807) is 18.5 Å². The number of hydrogen-bond donors (Lipinski definition) is 2. The van der Waals surface area contributed by atoms with Gasteiger partial charge in [-0.05, 0) is 48.1 Å². The average Bonchev–Trinajstić information content (AvgIpc) is 3.47. The first kappa shape index (κ1) is 27.8. The van der Waals surface area contributed by atoms with Crippen molar-refractivity contribution < 1.29 is 8.78 Å². The molecular weight excluding hydrogens is 560 g/mol. The molecule has 0 aliphatic heterocycles. The largest absolute Gasteiger partial charge is 0.383 e. The molecule has 1 saturated carbocycles. The van der Waals surface area contributed by atoms with Gasteiger partial charge in [0.25, 0.3) is 6.43 Å². The van der Waals surface area contributed by atoms with E-state index in [-0.39, 0.29) is 5.41 Å². The number of aromatic nitrogens is 6. The Morgan fingerprint density at radius 2 is 1.95 bits per heavy atom. The minimum atomic E-state index is -2.54. The molecule has 0 amide bonds. The molecule has 6 rings (SSSR count). The van der Waals surface area contributed by atoms with Gasteiger partial charge < -0.3 is 15.2 Å². The highest BCUT2D eigenvalue weighted by molar-refractivity contribution is 6.35. The molecule has 2 N–H and O–H groups in total. The summed E-state index contributed by atoms with van der Waals surface area (Å²) in [6, 6.07) is 9.15. The van der Waals surface area contributed by atoms with Crippen LogP contribution in [0.25, 0.3) is 21.9 Å². The number of aryl methyl sites for hydroxylation is 1. The van der Waals surface area contributed by atoms with Gasteiger partial charge in [0.2, 0.25) is 0 Å². The summed E-state index contributed by atoms with van der Waals surface area (Å²) in [5.74, 6) is 0. The zero-order valence-corrected chi connectivity index (χ0v) is 24.4. The monoisotopic (exact) mass is 589 g/mol. The van der Waals surface area contributed by atoms with Crippen LogP contribution in [0.15, 0.2) is 49.1 Å². The van der Waals surface area contributed by atoms with Crippen LogP contribution in [0.5, 0.6) is 0 Å². The van der Waals surface area contributed by atoms with Crippen molar-refractivity contribution in [1.82, 2.24) is 29.5 Å². The van der Waals surface area contributed by atoms with Gasteiger partial charge in [0, 0.05) is 48.6 Å². The first-order valence-electron chi connectivity index (χ1n) is 13.6. The summed E-state index contributed by atoms with van der Waals surface area (Å²) >= 11 is 6.76. The smallest absolute Gasteiger partial charge is 0.263 e. The zero-order valence-electron chi connectivity index (χ0n) is 23.7. The number of pyridine rings is 2. The summed E-state index contributed by atoms with van der Waals surface area (Å²) < 4.78 is 31.0. The summed E-state index contributed by atoms with van der Waals surface area (Å²) in [5.41, 5.74) is 2.99. The van der Waals surface area contributed by atoms with Gasteiger partial charge in [0.05, 0.1) is 34.0 Å². The second kappa shape index (κ2) is 10.2. The Bertz CT molecular complexity index is 1840. The first-order chi connectivity index (χ1) is 20.0. The van der Waals surface area contributed by atoms with Crippen molar-refractivity contribution in [1.29, 1.82) is 5.26 Å². The van der Waals surface area contributed by atoms with E-state index < -0.39 is 18.0 Å². The second-order valence-electron chi connectivity index (χ2n) is 12.1. The fourth-order valence-corrected chi connectivity index (χ4v) is 5.46. The van der Waals surface area contributed by atoms with Crippen LogP contribution in [0.3, 0.4) is 0 Å². The summed E-state index contributed by atoms with van der Waals surface area (Å²) in [6.07, 6.45) is 4.91. The van der Waals surface area contributed by atoms with Crippen molar-refractivity contribution in [3.8, 4) is 6.07 Å². The number of nitrogens with zero attached hydrogens (tertiary/aromatic N) is 7. The van der Waals surface area contributed by atoms with Gasteiger partial charge in [0.1, 0.15) is 22.9 Å². The van der Waals surface area contributed by atoms with E-state index >= 15 is 0 Å². The minimum Gasteiger partial charge on any atom is -0.383 e. The zero-order chi connectivity index (χ0) is 29.8. The van der Waals surface area contributed by atoms with Gasteiger partial charge >= 0.3 is 0 Å². The third-order valence-corrected chi connectivity index (χ3v) is 7.98. The Morgan fingerprint density at radius 3 is 2.64 bits per heavy atom. The van der Waals surface area contributed by atoms with Crippen LogP contribution in [0.1, 0.15) is 56.5 Å². The number of nitrogens with one attached hydrogen (secondary N) is 2. The van der Waals surface area contributed by atoms with Crippen molar-refractivity contribution in [2.24, 2.45) is 12.5 Å². The van der Waals surface area contributed by atoms with Gasteiger partial charge in [0.15, 0.2) is 0 Å². The van der Waals surface area contributed by atoms with Crippen LogP contribution in [-0.4, -0.2) is 42.5 Å². The Balaban J connectivity index is 1.48. The number of nitriles is 1. The summed E-state index contributed by atoms with van der Waals surface area (Å²) in [4.78, 5) is 8.98. The molecule has 9 nitrogen and oxygen atoms in total. The van der Waals surface area contributed by atoms with Gasteiger partial charge in [-0.25, -0.2) is 18.4 Å². The molecule has 0 spiro atoms. The number of benzene rings is 1.